The minimum Gasteiger partial charge on any atom is -0.462 e. The van der Waals surface area contributed by atoms with Gasteiger partial charge in [0.1, 0.15) is 5.92 Å². The lowest BCUT2D eigenvalue weighted by Crippen LogP contribution is -2.31. The van der Waals surface area contributed by atoms with Crippen LogP contribution in [0.15, 0.2) is 47.5 Å². The molecule has 8 nitrogen and oxygen atoms in total. The van der Waals surface area contributed by atoms with E-state index >= 15 is 0 Å². The van der Waals surface area contributed by atoms with Gasteiger partial charge in [0, 0.05) is 30.6 Å². The molecule has 1 aliphatic rings. The summed E-state index contributed by atoms with van der Waals surface area (Å²) in [6.45, 7) is 6.96. The highest BCUT2D eigenvalue weighted by molar-refractivity contribution is 6.18. The zero-order valence-corrected chi connectivity index (χ0v) is 20.4. The summed E-state index contributed by atoms with van der Waals surface area (Å²) in [7, 11) is 4.02. The molecule has 0 fully saturated rings. The van der Waals surface area contributed by atoms with Gasteiger partial charge >= 0.3 is 5.97 Å². The lowest BCUT2D eigenvalue weighted by molar-refractivity contribution is -0.117. The molecule has 3 rings (SSSR count). The topological polar surface area (TPSA) is 91.3 Å². The molecule has 2 aromatic carbocycles. The number of fused-ring (bicyclic) bond motifs is 1. The summed E-state index contributed by atoms with van der Waals surface area (Å²) in [6.07, 6.45) is 0.875. The third-order valence-corrected chi connectivity index (χ3v) is 5.65. The molecule has 0 aromatic heterocycles. The van der Waals surface area contributed by atoms with Crippen LogP contribution in [0.4, 0.5) is 17.1 Å². The average molecular weight is 465 g/mol. The van der Waals surface area contributed by atoms with Crippen molar-refractivity contribution in [2.75, 3.05) is 44.0 Å². The molecular formula is C26H32N4O4. The van der Waals surface area contributed by atoms with E-state index in [-0.39, 0.29) is 18.4 Å². The van der Waals surface area contributed by atoms with Crippen LogP contribution in [0.3, 0.4) is 0 Å². The molecule has 180 valence electrons. The van der Waals surface area contributed by atoms with E-state index in [0.717, 1.165) is 24.2 Å². The summed E-state index contributed by atoms with van der Waals surface area (Å²) in [6, 6.07) is 12.5. The van der Waals surface area contributed by atoms with E-state index in [4.69, 9.17) is 4.74 Å². The van der Waals surface area contributed by atoms with Crippen LogP contribution in [0.25, 0.3) is 0 Å². The number of benzene rings is 2. The van der Waals surface area contributed by atoms with Gasteiger partial charge in [-0.15, -0.1) is 0 Å². The summed E-state index contributed by atoms with van der Waals surface area (Å²) in [4.78, 5) is 45.3. The number of carbonyl (C=O) groups excluding carboxylic acids is 3. The average Bonchev–Trinajstić information content (AvgIpc) is 3.12. The van der Waals surface area contributed by atoms with Crippen molar-refractivity contribution in [1.29, 1.82) is 0 Å². The van der Waals surface area contributed by atoms with Gasteiger partial charge in [-0.05, 0) is 82.9 Å². The molecule has 1 atom stereocenters. The molecule has 0 radical (unpaired) electrons. The first-order chi connectivity index (χ1) is 16.2. The number of rotatable bonds is 9. The molecule has 0 aliphatic carbocycles. The van der Waals surface area contributed by atoms with Gasteiger partial charge in [-0.3, -0.25) is 14.6 Å². The van der Waals surface area contributed by atoms with E-state index in [1.807, 2.05) is 45.3 Å². The van der Waals surface area contributed by atoms with Gasteiger partial charge in [0.05, 0.1) is 17.9 Å². The first kappa shape index (κ1) is 25.1. The Morgan fingerprint density at radius 2 is 1.76 bits per heavy atom. The van der Waals surface area contributed by atoms with E-state index in [0.29, 0.717) is 29.2 Å². The second-order valence-corrected chi connectivity index (χ2v) is 8.54. The van der Waals surface area contributed by atoms with Crippen molar-refractivity contribution in [2.45, 2.75) is 33.1 Å². The smallest absolute Gasteiger partial charge is 0.338 e. The molecule has 34 heavy (non-hydrogen) atoms. The number of hydrogen-bond donors (Lipinski definition) is 1. The SMILES string of the molecule is CCOC(=O)c1ccc2c(c1)NC(=O)C2C(C)=Nc1ccc(N(CCCN(C)C)C(C)=O)cc1. The maximum Gasteiger partial charge on any atom is 0.338 e. The molecule has 2 aromatic rings. The first-order valence-electron chi connectivity index (χ1n) is 11.4. The largest absolute Gasteiger partial charge is 0.462 e. The maximum absolute atomic E-state index is 12.7. The third-order valence-electron chi connectivity index (χ3n) is 5.65. The summed E-state index contributed by atoms with van der Waals surface area (Å²) in [5.74, 6) is -1.15. The standard InChI is InChI=1S/C26H32N4O4/c1-6-34-26(33)19-8-13-22-23(16-19)28-25(32)24(22)17(2)27-20-9-11-21(12-10-20)30(18(3)31)15-7-14-29(4)5/h8-13,16,24H,6-7,14-15H2,1-5H3,(H,28,32). The molecule has 0 saturated heterocycles. The number of ether oxygens (including phenoxy) is 1. The zero-order valence-electron chi connectivity index (χ0n) is 20.4. The summed E-state index contributed by atoms with van der Waals surface area (Å²) in [5.41, 5.74) is 3.93. The second-order valence-electron chi connectivity index (χ2n) is 8.54. The summed E-state index contributed by atoms with van der Waals surface area (Å²) in [5, 5.41) is 2.84. The van der Waals surface area contributed by atoms with Gasteiger partial charge in [-0.2, -0.15) is 0 Å². The van der Waals surface area contributed by atoms with Crippen LogP contribution in [0.1, 0.15) is 49.0 Å². The van der Waals surface area contributed by atoms with E-state index in [9.17, 15) is 14.4 Å². The molecule has 1 heterocycles. The second kappa shape index (κ2) is 11.1. The molecule has 1 N–H and O–H groups in total. The summed E-state index contributed by atoms with van der Waals surface area (Å²) < 4.78 is 5.04. The fourth-order valence-electron chi connectivity index (χ4n) is 4.01. The van der Waals surface area contributed by atoms with E-state index < -0.39 is 11.9 Å². The van der Waals surface area contributed by atoms with Gasteiger partial charge in [0.15, 0.2) is 0 Å². The molecule has 2 amide bonds. The third kappa shape index (κ3) is 5.88. The molecule has 0 spiro atoms. The Bertz CT molecular complexity index is 1090. The minimum atomic E-state index is -0.536. The van der Waals surface area contributed by atoms with Crippen molar-refractivity contribution in [2.24, 2.45) is 4.99 Å². The molecular weight excluding hydrogens is 432 g/mol. The first-order valence-corrected chi connectivity index (χ1v) is 11.4. The van der Waals surface area contributed by atoms with Gasteiger partial charge in [0.2, 0.25) is 11.8 Å². The van der Waals surface area contributed by atoms with E-state index in [2.05, 4.69) is 15.2 Å². The van der Waals surface area contributed by atoms with Crippen LogP contribution in [0.2, 0.25) is 0 Å². The lowest BCUT2D eigenvalue weighted by Gasteiger charge is -2.22. The number of carbonyl (C=O) groups is 3. The monoisotopic (exact) mass is 464 g/mol. The fraction of sp³-hybridized carbons (Fsp3) is 0.385. The highest BCUT2D eigenvalue weighted by atomic mass is 16.5. The van der Waals surface area contributed by atoms with Crippen molar-refractivity contribution >= 4 is 40.6 Å². The number of anilines is 2. The van der Waals surface area contributed by atoms with Crippen molar-refractivity contribution < 1.29 is 19.1 Å². The highest BCUT2D eigenvalue weighted by Crippen LogP contribution is 2.35. The lowest BCUT2D eigenvalue weighted by atomic mass is 9.95. The van der Waals surface area contributed by atoms with Crippen molar-refractivity contribution in [1.82, 2.24) is 4.90 Å². The van der Waals surface area contributed by atoms with Gasteiger partial charge in [-0.25, -0.2) is 4.79 Å². The van der Waals surface area contributed by atoms with E-state index in [1.54, 1.807) is 36.9 Å². The highest BCUT2D eigenvalue weighted by Gasteiger charge is 2.33. The van der Waals surface area contributed by atoms with Crippen LogP contribution in [0, 0.1) is 0 Å². The van der Waals surface area contributed by atoms with E-state index in [1.165, 1.54) is 0 Å². The molecule has 8 heteroatoms. The van der Waals surface area contributed by atoms with Crippen molar-refractivity contribution in [3.63, 3.8) is 0 Å². The molecule has 0 saturated carbocycles. The summed E-state index contributed by atoms with van der Waals surface area (Å²) >= 11 is 0. The Labute approximate surface area is 200 Å². The normalized spacial score (nSPS) is 15.2. The van der Waals surface area contributed by atoms with Crippen LogP contribution >= 0.6 is 0 Å². The Morgan fingerprint density at radius 1 is 1.06 bits per heavy atom. The number of nitrogens with one attached hydrogen (secondary N) is 1. The molecule has 1 aliphatic heterocycles. The number of hydrogen-bond acceptors (Lipinski definition) is 6. The Hall–Kier alpha value is -3.52. The number of nitrogens with zero attached hydrogens (tertiary/aromatic N) is 3. The van der Waals surface area contributed by atoms with Crippen LogP contribution < -0.4 is 10.2 Å². The van der Waals surface area contributed by atoms with Gasteiger partial charge < -0.3 is 19.9 Å². The molecule has 0 bridgehead atoms. The Kier molecular flexibility index (Phi) is 8.17. The zero-order chi connectivity index (χ0) is 24.8. The van der Waals surface area contributed by atoms with Crippen LogP contribution in [-0.2, 0) is 14.3 Å². The fourth-order valence-corrected chi connectivity index (χ4v) is 4.01. The quantitative estimate of drug-likeness (QED) is 0.447. The van der Waals surface area contributed by atoms with Gasteiger partial charge in [0.25, 0.3) is 0 Å². The van der Waals surface area contributed by atoms with Crippen LogP contribution in [0.5, 0.6) is 0 Å². The van der Waals surface area contributed by atoms with Gasteiger partial charge in [-0.1, -0.05) is 6.07 Å². The number of esters is 1. The maximum atomic E-state index is 12.7. The number of aliphatic imine (C=N–C) groups is 1. The number of amides is 2. The molecule has 1 unspecified atom stereocenters. The van der Waals surface area contributed by atoms with Crippen molar-refractivity contribution in [3.05, 3.63) is 53.6 Å². The predicted molar refractivity (Wildman–Crippen MR) is 134 cm³/mol. The van der Waals surface area contributed by atoms with Crippen molar-refractivity contribution in [3.8, 4) is 0 Å². The minimum absolute atomic E-state index is 0.00684. The Balaban J connectivity index is 1.77. The predicted octanol–water partition coefficient (Wildman–Crippen LogP) is 4.00. The van der Waals surface area contributed by atoms with Crippen LogP contribution in [-0.4, -0.2) is 62.2 Å². The Morgan fingerprint density at radius 3 is 2.38 bits per heavy atom.